The molecule has 0 aliphatic heterocycles. The monoisotopic (exact) mass is 293 g/mol. The van der Waals surface area contributed by atoms with Gasteiger partial charge in [-0.2, -0.15) is 0 Å². The number of aryl methyl sites for hydroxylation is 1. The molecule has 0 amide bonds. The molecule has 1 aromatic rings. The maximum absolute atomic E-state index is 6.62. The van der Waals surface area contributed by atoms with Gasteiger partial charge in [0, 0.05) is 38.0 Å². The van der Waals surface area contributed by atoms with Gasteiger partial charge in [-0.3, -0.25) is 0 Å². The molecule has 0 spiro atoms. The van der Waals surface area contributed by atoms with E-state index in [2.05, 4.69) is 29.6 Å². The molecule has 1 aromatic heterocycles. The number of rotatable bonds is 7. The lowest BCUT2D eigenvalue weighted by Gasteiger charge is -2.38. The smallest absolute Gasteiger partial charge is 0.110 e. The largest absolute Gasteiger partial charge is 0.374 e. The van der Waals surface area contributed by atoms with Crippen LogP contribution in [-0.4, -0.2) is 27.8 Å². The third-order valence-electron chi connectivity index (χ3n) is 4.73. The Balaban J connectivity index is 2.10. The number of nitrogens with two attached hydrogens (primary N) is 1. The fourth-order valence-electron chi connectivity index (χ4n) is 3.59. The highest BCUT2D eigenvalue weighted by Gasteiger charge is 2.38. The molecule has 0 radical (unpaired) electrons. The predicted molar refractivity (Wildman–Crippen MR) is 86.3 cm³/mol. The molecule has 2 N–H and O–H groups in total. The van der Waals surface area contributed by atoms with Crippen LogP contribution in [0, 0.1) is 0 Å². The highest BCUT2D eigenvalue weighted by atomic mass is 16.5. The van der Waals surface area contributed by atoms with Gasteiger partial charge in [-0.25, -0.2) is 4.98 Å². The Morgan fingerprint density at radius 3 is 2.62 bits per heavy atom. The minimum atomic E-state index is -0.145. The van der Waals surface area contributed by atoms with Crippen LogP contribution in [0.1, 0.15) is 64.6 Å². The summed E-state index contributed by atoms with van der Waals surface area (Å²) in [4.78, 5) is 4.51. The van der Waals surface area contributed by atoms with Crippen molar-refractivity contribution in [3.8, 4) is 0 Å². The van der Waals surface area contributed by atoms with Gasteiger partial charge >= 0.3 is 0 Å². The van der Waals surface area contributed by atoms with Gasteiger partial charge in [-0.15, -0.1) is 0 Å². The van der Waals surface area contributed by atoms with Crippen LogP contribution in [0.5, 0.6) is 0 Å². The summed E-state index contributed by atoms with van der Waals surface area (Å²) >= 11 is 0. The molecule has 1 aliphatic rings. The van der Waals surface area contributed by atoms with Crippen molar-refractivity contribution in [2.24, 2.45) is 5.73 Å². The summed E-state index contributed by atoms with van der Waals surface area (Å²) in [5.74, 6) is 1.10. The molecule has 1 aliphatic carbocycles. The molecule has 2 rings (SSSR count). The number of hydrogen-bond acceptors (Lipinski definition) is 3. The number of nitrogens with zero attached hydrogens (tertiary/aromatic N) is 2. The SMILES string of the molecule is CCCn1ccnc1CC(N)C1(OCC)CCCCCC1. The molecule has 4 nitrogen and oxygen atoms in total. The van der Waals surface area contributed by atoms with Crippen molar-refractivity contribution in [1.29, 1.82) is 0 Å². The minimum absolute atomic E-state index is 0.0357. The first-order valence-electron chi connectivity index (χ1n) is 8.61. The van der Waals surface area contributed by atoms with Crippen LogP contribution in [0.25, 0.3) is 0 Å². The fourth-order valence-corrected chi connectivity index (χ4v) is 3.59. The van der Waals surface area contributed by atoms with Crippen LogP contribution in [0.2, 0.25) is 0 Å². The Morgan fingerprint density at radius 2 is 2.00 bits per heavy atom. The molecule has 21 heavy (non-hydrogen) atoms. The van der Waals surface area contributed by atoms with Crippen LogP contribution in [-0.2, 0) is 17.7 Å². The van der Waals surface area contributed by atoms with E-state index in [0.717, 1.165) is 44.7 Å². The third-order valence-corrected chi connectivity index (χ3v) is 4.73. The first-order valence-corrected chi connectivity index (χ1v) is 8.61. The Bertz CT molecular complexity index is 408. The number of hydrogen-bond donors (Lipinski definition) is 1. The lowest BCUT2D eigenvalue weighted by atomic mass is 9.84. The Hall–Kier alpha value is -0.870. The molecule has 1 heterocycles. The van der Waals surface area contributed by atoms with Gasteiger partial charge in [0.2, 0.25) is 0 Å². The number of ether oxygens (including phenoxy) is 1. The maximum Gasteiger partial charge on any atom is 0.110 e. The van der Waals surface area contributed by atoms with Gasteiger partial charge in [0.15, 0.2) is 0 Å². The summed E-state index contributed by atoms with van der Waals surface area (Å²) < 4.78 is 8.43. The second-order valence-electron chi connectivity index (χ2n) is 6.26. The topological polar surface area (TPSA) is 53.1 Å². The molecule has 0 aromatic carbocycles. The van der Waals surface area contributed by atoms with Crippen molar-refractivity contribution < 1.29 is 4.74 Å². The van der Waals surface area contributed by atoms with Crippen molar-refractivity contribution in [3.63, 3.8) is 0 Å². The zero-order valence-electron chi connectivity index (χ0n) is 13.7. The van der Waals surface area contributed by atoms with E-state index in [4.69, 9.17) is 10.5 Å². The molecule has 1 unspecified atom stereocenters. The first kappa shape index (κ1) is 16.5. The average molecular weight is 293 g/mol. The summed E-state index contributed by atoms with van der Waals surface area (Å²) in [5, 5.41) is 0. The van der Waals surface area contributed by atoms with Crippen molar-refractivity contribution in [3.05, 3.63) is 18.2 Å². The second kappa shape index (κ2) is 7.95. The van der Waals surface area contributed by atoms with E-state index < -0.39 is 0 Å². The summed E-state index contributed by atoms with van der Waals surface area (Å²) in [6.45, 7) is 6.04. The molecule has 0 bridgehead atoms. The highest BCUT2D eigenvalue weighted by molar-refractivity contribution is 5.02. The predicted octanol–water partition coefficient (Wildman–Crippen LogP) is 3.29. The van der Waals surface area contributed by atoms with Gasteiger partial charge in [-0.05, 0) is 26.2 Å². The van der Waals surface area contributed by atoms with Crippen LogP contribution in [0.3, 0.4) is 0 Å². The lowest BCUT2D eigenvalue weighted by molar-refractivity contribution is -0.0687. The third kappa shape index (κ3) is 4.07. The van der Waals surface area contributed by atoms with Gasteiger partial charge < -0.3 is 15.0 Å². The van der Waals surface area contributed by atoms with Crippen molar-refractivity contribution in [2.75, 3.05) is 6.61 Å². The van der Waals surface area contributed by atoms with Crippen LogP contribution in [0.15, 0.2) is 12.4 Å². The van der Waals surface area contributed by atoms with Crippen LogP contribution >= 0.6 is 0 Å². The van der Waals surface area contributed by atoms with E-state index in [9.17, 15) is 0 Å². The molecule has 4 heteroatoms. The molecule has 1 atom stereocenters. The quantitative estimate of drug-likeness (QED) is 0.785. The molecule has 0 saturated heterocycles. The summed E-state index contributed by atoms with van der Waals surface area (Å²) in [7, 11) is 0. The Morgan fingerprint density at radius 1 is 1.29 bits per heavy atom. The first-order chi connectivity index (χ1) is 10.2. The maximum atomic E-state index is 6.62. The average Bonchev–Trinajstić information content (AvgIpc) is 2.75. The molecule has 120 valence electrons. The molecule has 1 fully saturated rings. The van der Waals surface area contributed by atoms with E-state index >= 15 is 0 Å². The van der Waals surface area contributed by atoms with E-state index in [0.29, 0.717) is 0 Å². The minimum Gasteiger partial charge on any atom is -0.374 e. The Kier molecular flexibility index (Phi) is 6.24. The van der Waals surface area contributed by atoms with Crippen LogP contribution < -0.4 is 5.73 Å². The zero-order valence-corrected chi connectivity index (χ0v) is 13.7. The number of aromatic nitrogens is 2. The normalized spacial score (nSPS) is 20.1. The van der Waals surface area contributed by atoms with E-state index in [1.807, 2.05) is 6.20 Å². The van der Waals surface area contributed by atoms with Crippen molar-refractivity contribution >= 4 is 0 Å². The summed E-state index contributed by atoms with van der Waals surface area (Å²) in [6.07, 6.45) is 13.2. The number of imidazole rings is 1. The lowest BCUT2D eigenvalue weighted by Crippen LogP contribution is -2.51. The van der Waals surface area contributed by atoms with Crippen molar-refractivity contribution in [2.45, 2.75) is 83.4 Å². The second-order valence-corrected chi connectivity index (χ2v) is 6.26. The van der Waals surface area contributed by atoms with E-state index in [1.54, 1.807) is 0 Å². The van der Waals surface area contributed by atoms with E-state index in [1.165, 1.54) is 25.7 Å². The summed E-state index contributed by atoms with van der Waals surface area (Å²) in [5.41, 5.74) is 6.47. The highest BCUT2D eigenvalue weighted by Crippen LogP contribution is 2.33. The van der Waals surface area contributed by atoms with Gasteiger partial charge in [0.25, 0.3) is 0 Å². The van der Waals surface area contributed by atoms with Crippen molar-refractivity contribution in [1.82, 2.24) is 9.55 Å². The summed E-state index contributed by atoms with van der Waals surface area (Å²) in [6, 6.07) is 0.0357. The zero-order chi connectivity index (χ0) is 15.1. The van der Waals surface area contributed by atoms with Crippen LogP contribution in [0.4, 0.5) is 0 Å². The standard InChI is InChI=1S/C17H31N3O/c1-3-12-20-13-11-19-16(20)14-15(18)17(21-4-2)9-7-5-6-8-10-17/h11,13,15H,3-10,12,14,18H2,1-2H3. The fraction of sp³-hybridized carbons (Fsp3) is 0.824. The van der Waals surface area contributed by atoms with Gasteiger partial charge in [0.05, 0.1) is 5.60 Å². The Labute approximate surface area is 129 Å². The van der Waals surface area contributed by atoms with Gasteiger partial charge in [-0.1, -0.05) is 32.6 Å². The molecular weight excluding hydrogens is 262 g/mol. The van der Waals surface area contributed by atoms with Gasteiger partial charge in [0.1, 0.15) is 5.82 Å². The van der Waals surface area contributed by atoms with E-state index in [-0.39, 0.29) is 11.6 Å². The molecule has 1 saturated carbocycles. The molecular formula is C17H31N3O.